The zero-order chi connectivity index (χ0) is 14.2. The molecule has 3 aliphatic rings. The van der Waals surface area contributed by atoms with Crippen molar-refractivity contribution >= 4 is 11.6 Å². The van der Waals surface area contributed by atoms with Crippen molar-refractivity contribution in [1.29, 1.82) is 0 Å². The molecule has 3 atom stereocenters. The standard InChI is InChI=1S/C18H24N2O/c21-18(20-12-10-13-5-1-4-8-17(13)20)15-9-11-19-16-7-3-2-6-14(15)16/h2-3,6-7,13,15,17,19H,1,4-5,8-12H2. The number of nitrogens with one attached hydrogen (secondary N) is 1. The summed E-state index contributed by atoms with van der Waals surface area (Å²) in [5.74, 6) is 1.24. The summed E-state index contributed by atoms with van der Waals surface area (Å²) >= 11 is 0. The summed E-state index contributed by atoms with van der Waals surface area (Å²) in [6.45, 7) is 1.90. The fourth-order valence-corrected chi connectivity index (χ4v) is 4.60. The third-order valence-electron chi connectivity index (χ3n) is 5.68. The van der Waals surface area contributed by atoms with Gasteiger partial charge in [-0.2, -0.15) is 0 Å². The Morgan fingerprint density at radius 3 is 2.90 bits per heavy atom. The first-order valence-corrected chi connectivity index (χ1v) is 8.48. The minimum atomic E-state index is 0.0723. The number of likely N-dealkylation sites (tertiary alicyclic amines) is 1. The van der Waals surface area contributed by atoms with Crippen molar-refractivity contribution in [2.24, 2.45) is 5.92 Å². The van der Waals surface area contributed by atoms with Gasteiger partial charge in [0.15, 0.2) is 0 Å². The van der Waals surface area contributed by atoms with Crippen molar-refractivity contribution in [3.8, 4) is 0 Å². The van der Waals surface area contributed by atoms with Crippen LogP contribution in [0.5, 0.6) is 0 Å². The van der Waals surface area contributed by atoms with Crippen molar-refractivity contribution in [3.63, 3.8) is 0 Å². The fourth-order valence-electron chi connectivity index (χ4n) is 4.60. The number of benzene rings is 1. The molecule has 1 aromatic rings. The third kappa shape index (κ3) is 2.23. The molecule has 1 amide bonds. The highest BCUT2D eigenvalue weighted by Gasteiger charge is 2.41. The summed E-state index contributed by atoms with van der Waals surface area (Å²) < 4.78 is 0. The average molecular weight is 284 g/mol. The van der Waals surface area contributed by atoms with Crippen LogP contribution in [-0.2, 0) is 4.79 Å². The summed E-state index contributed by atoms with van der Waals surface area (Å²) in [4.78, 5) is 15.3. The molecule has 21 heavy (non-hydrogen) atoms. The highest BCUT2D eigenvalue weighted by Crippen LogP contribution is 2.40. The number of amides is 1. The molecule has 0 aromatic heterocycles. The maximum Gasteiger partial charge on any atom is 0.230 e. The lowest BCUT2D eigenvalue weighted by atomic mass is 9.84. The Kier molecular flexibility index (Phi) is 3.36. The fraction of sp³-hybridized carbons (Fsp3) is 0.611. The lowest BCUT2D eigenvalue weighted by molar-refractivity contribution is -0.134. The van der Waals surface area contributed by atoms with Crippen LogP contribution < -0.4 is 5.32 Å². The molecule has 3 unspecified atom stereocenters. The molecule has 1 aliphatic carbocycles. The number of hydrogen-bond donors (Lipinski definition) is 1. The molecule has 2 heterocycles. The van der Waals surface area contributed by atoms with E-state index in [1.807, 2.05) is 6.07 Å². The van der Waals surface area contributed by atoms with E-state index >= 15 is 0 Å². The lowest BCUT2D eigenvalue weighted by Gasteiger charge is -2.35. The van der Waals surface area contributed by atoms with Crippen molar-refractivity contribution in [3.05, 3.63) is 29.8 Å². The number of carbonyl (C=O) groups is 1. The Bertz CT molecular complexity index is 542. The quantitative estimate of drug-likeness (QED) is 0.857. The van der Waals surface area contributed by atoms with E-state index in [2.05, 4.69) is 28.4 Å². The molecule has 4 rings (SSSR count). The average Bonchev–Trinajstić information content (AvgIpc) is 2.98. The molecule has 0 radical (unpaired) electrons. The Morgan fingerprint density at radius 1 is 1.10 bits per heavy atom. The van der Waals surface area contributed by atoms with Gasteiger partial charge < -0.3 is 10.2 Å². The van der Waals surface area contributed by atoms with Gasteiger partial charge in [-0.3, -0.25) is 4.79 Å². The van der Waals surface area contributed by atoms with E-state index in [4.69, 9.17) is 0 Å². The second-order valence-electron chi connectivity index (χ2n) is 6.79. The zero-order valence-electron chi connectivity index (χ0n) is 12.6. The first kappa shape index (κ1) is 13.2. The summed E-state index contributed by atoms with van der Waals surface area (Å²) in [5, 5.41) is 3.42. The van der Waals surface area contributed by atoms with Crippen LogP contribution >= 0.6 is 0 Å². The van der Waals surface area contributed by atoms with Crippen LogP contribution in [0.25, 0.3) is 0 Å². The number of nitrogens with zero attached hydrogens (tertiary/aromatic N) is 1. The van der Waals surface area contributed by atoms with E-state index in [1.54, 1.807) is 0 Å². The molecule has 0 bridgehead atoms. The highest BCUT2D eigenvalue weighted by molar-refractivity contribution is 5.87. The summed E-state index contributed by atoms with van der Waals surface area (Å²) in [7, 11) is 0. The molecule has 2 aliphatic heterocycles. The second-order valence-corrected chi connectivity index (χ2v) is 6.79. The van der Waals surface area contributed by atoms with E-state index in [0.29, 0.717) is 11.9 Å². The Labute approximate surface area is 126 Å². The smallest absolute Gasteiger partial charge is 0.230 e. The molecular weight excluding hydrogens is 260 g/mol. The van der Waals surface area contributed by atoms with E-state index in [0.717, 1.165) is 31.1 Å². The van der Waals surface area contributed by atoms with E-state index in [9.17, 15) is 4.79 Å². The highest BCUT2D eigenvalue weighted by atomic mass is 16.2. The van der Waals surface area contributed by atoms with Gasteiger partial charge in [-0.05, 0) is 43.2 Å². The van der Waals surface area contributed by atoms with Crippen LogP contribution in [0.2, 0.25) is 0 Å². The van der Waals surface area contributed by atoms with Crippen molar-refractivity contribution in [1.82, 2.24) is 4.90 Å². The van der Waals surface area contributed by atoms with Gasteiger partial charge in [-0.25, -0.2) is 0 Å². The van der Waals surface area contributed by atoms with E-state index in [-0.39, 0.29) is 5.92 Å². The number of anilines is 1. The van der Waals surface area contributed by atoms with Crippen molar-refractivity contribution in [2.75, 3.05) is 18.4 Å². The predicted octanol–water partition coefficient (Wildman–Crippen LogP) is 3.38. The van der Waals surface area contributed by atoms with Crippen LogP contribution in [-0.4, -0.2) is 29.9 Å². The molecule has 2 fully saturated rings. The van der Waals surface area contributed by atoms with Gasteiger partial charge in [0, 0.05) is 24.8 Å². The topological polar surface area (TPSA) is 32.3 Å². The molecule has 3 heteroatoms. The lowest BCUT2D eigenvalue weighted by Crippen LogP contribution is -2.42. The van der Waals surface area contributed by atoms with Gasteiger partial charge in [0.1, 0.15) is 0 Å². The first-order valence-electron chi connectivity index (χ1n) is 8.48. The van der Waals surface area contributed by atoms with Gasteiger partial charge in [0.2, 0.25) is 5.91 Å². The minimum absolute atomic E-state index is 0.0723. The molecule has 1 saturated heterocycles. The Morgan fingerprint density at radius 2 is 1.95 bits per heavy atom. The molecule has 112 valence electrons. The van der Waals surface area contributed by atoms with Crippen LogP contribution in [0, 0.1) is 5.92 Å². The van der Waals surface area contributed by atoms with Gasteiger partial charge >= 0.3 is 0 Å². The Hall–Kier alpha value is -1.51. The molecular formula is C18H24N2O. The SMILES string of the molecule is O=C(C1CCNc2ccccc21)N1CCC2CCCCC21. The van der Waals surface area contributed by atoms with Gasteiger partial charge in [-0.1, -0.05) is 31.0 Å². The van der Waals surface area contributed by atoms with Crippen LogP contribution in [0.15, 0.2) is 24.3 Å². The van der Waals surface area contributed by atoms with Crippen LogP contribution in [0.4, 0.5) is 5.69 Å². The van der Waals surface area contributed by atoms with Gasteiger partial charge in [0.25, 0.3) is 0 Å². The molecule has 1 saturated carbocycles. The summed E-state index contributed by atoms with van der Waals surface area (Å²) in [6, 6.07) is 8.86. The van der Waals surface area contributed by atoms with Gasteiger partial charge in [-0.15, -0.1) is 0 Å². The molecule has 0 spiro atoms. The maximum absolute atomic E-state index is 13.1. The third-order valence-corrected chi connectivity index (χ3v) is 5.68. The number of hydrogen-bond acceptors (Lipinski definition) is 2. The second kappa shape index (κ2) is 5.36. The number of fused-ring (bicyclic) bond motifs is 2. The zero-order valence-corrected chi connectivity index (χ0v) is 12.6. The van der Waals surface area contributed by atoms with Crippen LogP contribution in [0.1, 0.15) is 50.0 Å². The largest absolute Gasteiger partial charge is 0.385 e. The van der Waals surface area contributed by atoms with Crippen molar-refractivity contribution < 1.29 is 4.79 Å². The predicted molar refractivity (Wildman–Crippen MR) is 84.4 cm³/mol. The molecule has 1 N–H and O–H groups in total. The minimum Gasteiger partial charge on any atom is -0.385 e. The van der Waals surface area contributed by atoms with E-state index < -0.39 is 0 Å². The number of rotatable bonds is 1. The Balaban J connectivity index is 1.58. The number of para-hydroxylation sites is 1. The van der Waals surface area contributed by atoms with E-state index in [1.165, 1.54) is 37.7 Å². The maximum atomic E-state index is 13.1. The molecule has 1 aromatic carbocycles. The van der Waals surface area contributed by atoms with Crippen molar-refractivity contribution in [2.45, 2.75) is 50.5 Å². The summed E-state index contributed by atoms with van der Waals surface area (Å²) in [5.41, 5.74) is 2.36. The number of carbonyl (C=O) groups excluding carboxylic acids is 1. The summed E-state index contributed by atoms with van der Waals surface area (Å²) in [6.07, 6.45) is 7.38. The molecule has 3 nitrogen and oxygen atoms in total. The monoisotopic (exact) mass is 284 g/mol. The first-order chi connectivity index (χ1) is 10.3. The van der Waals surface area contributed by atoms with Crippen LogP contribution in [0.3, 0.4) is 0 Å². The van der Waals surface area contributed by atoms with Gasteiger partial charge in [0.05, 0.1) is 5.92 Å². The normalized spacial score (nSPS) is 31.2.